The fraction of sp³-hybridized carbons (Fsp3) is 0.400. The standard InChI is InChI=1S/C25H27F3N2O5/c1-3-4-13-20(21(31)30-24(2,22(32)33)25(26,27)28)29-23(34)35-14-19-17-11-7-5-9-15(17)16-10-6-8-12-18(16)19/h5-12,19-20H,3-4,13-14H2,1-2H3,(H,29,34)(H,30,31)(H,32,33). The van der Waals surface area contributed by atoms with Crippen LogP contribution in [-0.2, 0) is 14.3 Å². The first kappa shape index (κ1) is 26.1. The molecule has 3 rings (SSSR count). The zero-order valence-corrected chi connectivity index (χ0v) is 19.3. The number of hydrogen-bond donors (Lipinski definition) is 3. The van der Waals surface area contributed by atoms with Gasteiger partial charge in [0.1, 0.15) is 12.6 Å². The van der Waals surface area contributed by atoms with Gasteiger partial charge in [-0.3, -0.25) is 4.79 Å². The third-order valence-electron chi connectivity index (χ3n) is 6.17. The summed E-state index contributed by atoms with van der Waals surface area (Å²) in [7, 11) is 0. The molecule has 2 unspecified atom stereocenters. The number of amides is 2. The Balaban J connectivity index is 1.70. The number of unbranched alkanes of at least 4 members (excludes halogenated alkanes) is 1. The number of aliphatic carboxylic acids is 1. The van der Waals surface area contributed by atoms with Crippen molar-refractivity contribution in [1.29, 1.82) is 0 Å². The molecule has 0 fully saturated rings. The summed E-state index contributed by atoms with van der Waals surface area (Å²) in [4.78, 5) is 36.4. The van der Waals surface area contributed by atoms with E-state index in [0.29, 0.717) is 19.8 Å². The largest absolute Gasteiger partial charge is 0.479 e. The Kier molecular flexibility index (Phi) is 7.72. The number of hydrogen-bond acceptors (Lipinski definition) is 4. The van der Waals surface area contributed by atoms with Gasteiger partial charge in [0.15, 0.2) is 0 Å². The summed E-state index contributed by atoms with van der Waals surface area (Å²) in [5, 5.41) is 12.9. The number of carboxylic acids is 1. The number of ether oxygens (including phenoxy) is 1. The Hall–Kier alpha value is -3.56. The second-order valence-corrected chi connectivity index (χ2v) is 8.58. The molecular weight excluding hydrogens is 465 g/mol. The number of rotatable bonds is 9. The normalized spacial score (nSPS) is 15.3. The van der Waals surface area contributed by atoms with E-state index >= 15 is 0 Å². The number of nitrogens with one attached hydrogen (secondary N) is 2. The Bertz CT molecular complexity index is 1060. The van der Waals surface area contributed by atoms with Gasteiger partial charge in [-0.1, -0.05) is 68.3 Å². The van der Waals surface area contributed by atoms with E-state index in [0.717, 1.165) is 22.3 Å². The summed E-state index contributed by atoms with van der Waals surface area (Å²) < 4.78 is 45.3. The highest BCUT2D eigenvalue weighted by molar-refractivity contribution is 5.91. The highest BCUT2D eigenvalue weighted by Gasteiger charge is 2.58. The lowest BCUT2D eigenvalue weighted by Gasteiger charge is -2.30. The molecule has 0 saturated carbocycles. The van der Waals surface area contributed by atoms with Crippen LogP contribution in [0.4, 0.5) is 18.0 Å². The first-order valence-electron chi connectivity index (χ1n) is 11.2. The topological polar surface area (TPSA) is 105 Å². The minimum atomic E-state index is -5.24. The van der Waals surface area contributed by atoms with E-state index in [-0.39, 0.29) is 18.9 Å². The highest BCUT2D eigenvalue weighted by Crippen LogP contribution is 2.44. The number of alkyl carbamates (subject to hydrolysis) is 1. The number of halogens is 3. The molecule has 35 heavy (non-hydrogen) atoms. The molecule has 10 heteroatoms. The first-order chi connectivity index (χ1) is 16.5. The molecule has 2 amide bonds. The fourth-order valence-electron chi connectivity index (χ4n) is 4.04. The molecule has 7 nitrogen and oxygen atoms in total. The van der Waals surface area contributed by atoms with Crippen LogP contribution in [0.25, 0.3) is 11.1 Å². The quantitative estimate of drug-likeness (QED) is 0.474. The summed E-state index contributed by atoms with van der Waals surface area (Å²) in [6, 6.07) is 14.0. The van der Waals surface area contributed by atoms with Crippen LogP contribution < -0.4 is 10.6 Å². The molecule has 0 spiro atoms. The highest BCUT2D eigenvalue weighted by atomic mass is 19.4. The second-order valence-electron chi connectivity index (χ2n) is 8.58. The third kappa shape index (κ3) is 5.41. The average molecular weight is 492 g/mol. The lowest BCUT2D eigenvalue weighted by atomic mass is 9.98. The van der Waals surface area contributed by atoms with Gasteiger partial charge in [0.2, 0.25) is 11.4 Å². The van der Waals surface area contributed by atoms with Crippen LogP contribution in [0.1, 0.15) is 50.2 Å². The number of carbonyl (C=O) groups excluding carboxylic acids is 2. The van der Waals surface area contributed by atoms with Crippen molar-refractivity contribution in [2.24, 2.45) is 0 Å². The van der Waals surface area contributed by atoms with Gasteiger partial charge in [-0.05, 0) is 35.6 Å². The fourth-order valence-corrected chi connectivity index (χ4v) is 4.04. The number of benzene rings is 2. The van der Waals surface area contributed by atoms with Crippen molar-refractivity contribution in [3.63, 3.8) is 0 Å². The van der Waals surface area contributed by atoms with Crippen molar-refractivity contribution in [3.05, 3.63) is 59.7 Å². The molecule has 2 atom stereocenters. The predicted octanol–water partition coefficient (Wildman–Crippen LogP) is 4.61. The lowest BCUT2D eigenvalue weighted by Crippen LogP contribution is -2.64. The Labute approximate surface area is 200 Å². The van der Waals surface area contributed by atoms with E-state index in [1.54, 1.807) is 6.92 Å². The number of carboxylic acid groups (broad SMARTS) is 1. The monoisotopic (exact) mass is 492 g/mol. The van der Waals surface area contributed by atoms with Crippen LogP contribution in [0.2, 0.25) is 0 Å². The van der Waals surface area contributed by atoms with Crippen LogP contribution >= 0.6 is 0 Å². The molecule has 0 radical (unpaired) electrons. The molecule has 0 heterocycles. The SMILES string of the molecule is CCCCC(NC(=O)OCC1c2ccccc2-c2ccccc21)C(=O)NC(C)(C(=O)O)C(F)(F)F. The zero-order valence-electron chi connectivity index (χ0n) is 19.3. The van der Waals surface area contributed by atoms with Crippen LogP contribution in [-0.4, -0.2) is 47.4 Å². The maximum Gasteiger partial charge on any atom is 0.422 e. The second kappa shape index (κ2) is 10.4. The van der Waals surface area contributed by atoms with Crippen molar-refractivity contribution >= 4 is 18.0 Å². The smallest absolute Gasteiger partial charge is 0.422 e. The summed E-state index contributed by atoms with van der Waals surface area (Å²) in [5.74, 6) is -3.75. The first-order valence-corrected chi connectivity index (χ1v) is 11.2. The van der Waals surface area contributed by atoms with E-state index in [1.165, 1.54) is 5.32 Å². The van der Waals surface area contributed by atoms with Gasteiger partial charge in [-0.2, -0.15) is 13.2 Å². The molecule has 0 saturated heterocycles. The van der Waals surface area contributed by atoms with Gasteiger partial charge < -0.3 is 20.5 Å². The third-order valence-corrected chi connectivity index (χ3v) is 6.17. The summed E-state index contributed by atoms with van der Waals surface area (Å²) in [5.41, 5.74) is 0.500. The number of carbonyl (C=O) groups is 3. The van der Waals surface area contributed by atoms with Crippen LogP contribution in [0.3, 0.4) is 0 Å². The van der Waals surface area contributed by atoms with E-state index in [2.05, 4.69) is 5.32 Å². The summed E-state index contributed by atoms with van der Waals surface area (Å²) in [6.07, 6.45) is -5.19. The molecule has 2 aromatic rings. The minimum absolute atomic E-state index is 0.0140. The molecule has 0 aliphatic heterocycles. The van der Waals surface area contributed by atoms with Gasteiger partial charge in [0, 0.05) is 5.92 Å². The molecule has 2 aromatic carbocycles. The van der Waals surface area contributed by atoms with Crippen LogP contribution in [0.15, 0.2) is 48.5 Å². The molecule has 188 valence electrons. The predicted molar refractivity (Wildman–Crippen MR) is 122 cm³/mol. The molecule has 0 bridgehead atoms. The molecule has 3 N–H and O–H groups in total. The zero-order chi connectivity index (χ0) is 25.8. The number of fused-ring (bicyclic) bond motifs is 3. The molecular formula is C25H27F3N2O5. The molecule has 0 aromatic heterocycles. The minimum Gasteiger partial charge on any atom is -0.479 e. The van der Waals surface area contributed by atoms with Crippen LogP contribution in [0.5, 0.6) is 0 Å². The van der Waals surface area contributed by atoms with Gasteiger partial charge in [0.05, 0.1) is 0 Å². The van der Waals surface area contributed by atoms with Crippen molar-refractivity contribution in [2.45, 2.75) is 56.8 Å². The average Bonchev–Trinajstić information content (AvgIpc) is 3.13. The van der Waals surface area contributed by atoms with Gasteiger partial charge in [-0.15, -0.1) is 0 Å². The van der Waals surface area contributed by atoms with Crippen molar-refractivity contribution in [2.75, 3.05) is 6.61 Å². The maximum atomic E-state index is 13.3. The molecule has 1 aliphatic carbocycles. The van der Waals surface area contributed by atoms with Crippen molar-refractivity contribution in [3.8, 4) is 11.1 Å². The van der Waals surface area contributed by atoms with E-state index in [1.807, 2.05) is 48.5 Å². The molecule has 1 aliphatic rings. The van der Waals surface area contributed by atoms with E-state index in [9.17, 15) is 27.6 Å². The Morgan fingerprint density at radius 1 is 1.03 bits per heavy atom. The Morgan fingerprint density at radius 2 is 1.57 bits per heavy atom. The maximum absolute atomic E-state index is 13.3. The van der Waals surface area contributed by atoms with E-state index in [4.69, 9.17) is 9.84 Å². The van der Waals surface area contributed by atoms with E-state index < -0.39 is 35.7 Å². The van der Waals surface area contributed by atoms with Crippen molar-refractivity contribution < 1.29 is 37.4 Å². The lowest BCUT2D eigenvalue weighted by molar-refractivity contribution is -0.207. The summed E-state index contributed by atoms with van der Waals surface area (Å²) >= 11 is 0. The van der Waals surface area contributed by atoms with Gasteiger partial charge >= 0.3 is 18.2 Å². The Morgan fingerprint density at radius 3 is 2.06 bits per heavy atom. The van der Waals surface area contributed by atoms with Gasteiger partial charge in [0.25, 0.3) is 0 Å². The van der Waals surface area contributed by atoms with Gasteiger partial charge in [-0.25, -0.2) is 9.59 Å². The van der Waals surface area contributed by atoms with Crippen LogP contribution in [0, 0.1) is 0 Å². The summed E-state index contributed by atoms with van der Waals surface area (Å²) in [6.45, 7) is 2.12. The number of alkyl halides is 3. The van der Waals surface area contributed by atoms with Crippen molar-refractivity contribution in [1.82, 2.24) is 10.6 Å².